The van der Waals surface area contributed by atoms with E-state index < -0.39 is 5.31 Å². The third-order valence-corrected chi connectivity index (χ3v) is 14.8. The monoisotopic (exact) mass is 468 g/mol. The van der Waals surface area contributed by atoms with Crippen LogP contribution in [0.1, 0.15) is 13.8 Å². The molecule has 0 aliphatic carbocycles. The number of benzene rings is 3. The molecular weight excluding hydrogens is 443 g/mol. The van der Waals surface area contributed by atoms with Crippen molar-refractivity contribution in [3.8, 4) is 0 Å². The van der Waals surface area contributed by atoms with Crippen LogP contribution in [0, 0.1) is 0 Å². The Kier molecular flexibility index (Phi) is 6.72. The first kappa shape index (κ1) is 21.5. The van der Waals surface area contributed by atoms with Crippen molar-refractivity contribution in [2.24, 2.45) is 0 Å². The number of esters is 1. The molecule has 0 heterocycles. The van der Waals surface area contributed by atoms with E-state index in [-0.39, 0.29) is 5.97 Å². The normalized spacial score (nSPS) is 13.3. The molecule has 0 radical (unpaired) electrons. The predicted molar refractivity (Wildman–Crippen MR) is 129 cm³/mol. The van der Waals surface area contributed by atoms with Crippen LogP contribution in [0.4, 0.5) is 0 Å². The Morgan fingerprint density at radius 2 is 1.21 bits per heavy atom. The first-order chi connectivity index (χ1) is 14.0. The van der Waals surface area contributed by atoms with Crippen molar-refractivity contribution in [1.29, 1.82) is 0 Å². The van der Waals surface area contributed by atoms with Gasteiger partial charge >= 0.3 is 181 Å². The zero-order valence-corrected chi connectivity index (χ0v) is 19.3. The molecule has 3 rings (SSSR count). The van der Waals surface area contributed by atoms with Gasteiger partial charge in [-0.15, -0.1) is 0 Å². The number of rotatable bonds is 7. The van der Waals surface area contributed by atoms with Crippen molar-refractivity contribution < 1.29 is 9.53 Å². The van der Waals surface area contributed by atoms with Crippen molar-refractivity contribution in [3.05, 3.63) is 103 Å². The molecule has 0 N–H and O–H groups in total. The fraction of sp³-hybridized carbons (Fsp3) is 0.160. The molecule has 0 saturated heterocycles. The van der Waals surface area contributed by atoms with E-state index in [4.69, 9.17) is 4.74 Å². The van der Waals surface area contributed by atoms with Crippen LogP contribution < -0.4 is 15.9 Å². The van der Waals surface area contributed by atoms with Crippen molar-refractivity contribution in [2.45, 2.75) is 13.8 Å². The molecule has 150 valence electrons. The molecule has 3 aromatic carbocycles. The quantitative estimate of drug-likeness (QED) is 0.266. The summed E-state index contributed by atoms with van der Waals surface area (Å²) in [5.74, 6) is -0.265. The third kappa shape index (κ3) is 4.08. The number of hydrogen-bond acceptors (Lipinski definition) is 2. The van der Waals surface area contributed by atoms with Gasteiger partial charge in [-0.05, 0) is 0 Å². The van der Waals surface area contributed by atoms with Gasteiger partial charge in [0.15, 0.2) is 0 Å². The van der Waals surface area contributed by atoms with Crippen LogP contribution in [0.3, 0.4) is 0 Å². The maximum atomic E-state index is 12.3. The van der Waals surface area contributed by atoms with Gasteiger partial charge in [0, 0.05) is 0 Å². The summed E-state index contributed by atoms with van der Waals surface area (Å²) >= 11 is 4.37. The standard InChI is InChI=1S/C25H26BrO2P/c1-3-28-25(27)21(2)19-20-29(26,22-13-7-4-8-14-22,23-15-9-5-10-16-23)24-17-11-6-12-18-24/h4-19H,3,20H2,1-2H3. The zero-order valence-electron chi connectivity index (χ0n) is 16.8. The van der Waals surface area contributed by atoms with E-state index in [1.165, 1.54) is 15.9 Å². The van der Waals surface area contributed by atoms with E-state index in [2.05, 4.69) is 88.3 Å². The Labute approximate surface area is 181 Å². The van der Waals surface area contributed by atoms with Gasteiger partial charge in [0.1, 0.15) is 0 Å². The molecule has 0 atom stereocenters. The van der Waals surface area contributed by atoms with E-state index >= 15 is 0 Å². The van der Waals surface area contributed by atoms with Gasteiger partial charge in [-0.25, -0.2) is 0 Å². The Bertz CT molecular complexity index is 886. The number of allylic oxidation sites excluding steroid dienone is 1. The summed E-state index contributed by atoms with van der Waals surface area (Å²) in [5, 5.41) is 0.636. The number of ether oxygens (including phenoxy) is 1. The molecule has 0 aliphatic heterocycles. The van der Waals surface area contributed by atoms with Crippen LogP contribution in [0.5, 0.6) is 0 Å². The van der Waals surface area contributed by atoms with Gasteiger partial charge in [-0.1, -0.05) is 0 Å². The minimum atomic E-state index is -3.04. The van der Waals surface area contributed by atoms with Crippen LogP contribution in [0.15, 0.2) is 103 Å². The van der Waals surface area contributed by atoms with Crippen molar-refractivity contribution in [1.82, 2.24) is 0 Å². The summed E-state index contributed by atoms with van der Waals surface area (Å²) in [7, 11) is 0. The summed E-state index contributed by atoms with van der Waals surface area (Å²) in [5.41, 5.74) is 0.628. The van der Waals surface area contributed by atoms with Crippen molar-refractivity contribution in [3.63, 3.8) is 0 Å². The second-order valence-corrected chi connectivity index (χ2v) is 16.0. The molecule has 29 heavy (non-hydrogen) atoms. The van der Waals surface area contributed by atoms with E-state index in [0.29, 0.717) is 18.3 Å². The van der Waals surface area contributed by atoms with Crippen molar-refractivity contribution in [2.75, 3.05) is 12.8 Å². The summed E-state index contributed by atoms with van der Waals surface area (Å²) in [6, 6.07) is 31.6. The summed E-state index contributed by atoms with van der Waals surface area (Å²) in [6.45, 7) is 4.03. The molecule has 0 amide bonds. The molecule has 3 aromatic rings. The minimum absolute atomic E-state index is 0.265. The van der Waals surface area contributed by atoms with Gasteiger partial charge in [-0.2, -0.15) is 0 Å². The van der Waals surface area contributed by atoms with Crippen LogP contribution in [-0.4, -0.2) is 18.7 Å². The molecule has 0 bridgehead atoms. The number of carbonyl (C=O) groups excluding carboxylic acids is 1. The van der Waals surface area contributed by atoms with Crippen LogP contribution >= 0.6 is 20.8 Å². The average molecular weight is 469 g/mol. The second-order valence-electron chi connectivity index (χ2n) is 6.98. The van der Waals surface area contributed by atoms with Gasteiger partial charge in [0.25, 0.3) is 0 Å². The molecule has 0 unspecified atom stereocenters. The van der Waals surface area contributed by atoms with Gasteiger partial charge < -0.3 is 0 Å². The topological polar surface area (TPSA) is 26.3 Å². The Morgan fingerprint density at radius 3 is 1.55 bits per heavy atom. The average Bonchev–Trinajstić information content (AvgIpc) is 2.79. The van der Waals surface area contributed by atoms with Crippen LogP contribution in [0.25, 0.3) is 0 Å². The maximum absolute atomic E-state index is 12.3. The van der Waals surface area contributed by atoms with Gasteiger partial charge in [-0.3, -0.25) is 0 Å². The van der Waals surface area contributed by atoms with Gasteiger partial charge in [0.2, 0.25) is 0 Å². The first-order valence-electron chi connectivity index (χ1n) is 9.74. The molecular formula is C25H26BrO2P. The fourth-order valence-corrected chi connectivity index (χ4v) is 10.7. The molecule has 0 spiro atoms. The van der Waals surface area contributed by atoms with E-state index in [9.17, 15) is 4.79 Å². The third-order valence-electron chi connectivity index (χ3n) is 5.22. The molecule has 4 heteroatoms. The Hall–Kier alpha value is -2.22. The number of carbonyl (C=O) groups is 1. The molecule has 0 fully saturated rings. The summed E-state index contributed by atoms with van der Waals surface area (Å²) < 4.78 is 5.21. The summed E-state index contributed by atoms with van der Waals surface area (Å²) in [6.07, 6.45) is 2.70. The molecule has 2 nitrogen and oxygen atoms in total. The van der Waals surface area contributed by atoms with E-state index in [1.54, 1.807) is 0 Å². The van der Waals surface area contributed by atoms with E-state index in [1.807, 2.05) is 38.1 Å². The Balaban J connectivity index is 2.30. The fourth-order valence-electron chi connectivity index (χ4n) is 3.62. The second kappa shape index (κ2) is 9.07. The van der Waals surface area contributed by atoms with Gasteiger partial charge in [0.05, 0.1) is 0 Å². The predicted octanol–water partition coefficient (Wildman–Crippen LogP) is 5.34. The summed E-state index contributed by atoms with van der Waals surface area (Å²) in [4.78, 5) is 12.3. The van der Waals surface area contributed by atoms with Crippen molar-refractivity contribution >= 4 is 42.7 Å². The van der Waals surface area contributed by atoms with Crippen LogP contribution in [-0.2, 0) is 9.53 Å². The Morgan fingerprint density at radius 1 is 0.828 bits per heavy atom. The number of halogens is 1. The van der Waals surface area contributed by atoms with E-state index in [0.717, 1.165) is 0 Å². The molecule has 0 saturated carbocycles. The first-order valence-corrected chi connectivity index (χ1v) is 14.2. The SMILES string of the molecule is CCOC(=O)C(C)=CCP(Br)(c1ccccc1)(c1ccccc1)c1ccccc1. The number of hydrogen-bond donors (Lipinski definition) is 0. The zero-order chi connectivity index (χ0) is 20.8. The molecule has 0 aliphatic rings. The van der Waals surface area contributed by atoms with Crippen LogP contribution in [0.2, 0.25) is 0 Å². The molecule has 0 aromatic heterocycles.